The van der Waals surface area contributed by atoms with Gasteiger partial charge in [-0.15, -0.1) is 0 Å². The first-order valence-corrected chi connectivity index (χ1v) is 7.51. The van der Waals surface area contributed by atoms with Crippen molar-refractivity contribution in [2.75, 3.05) is 13.2 Å². The van der Waals surface area contributed by atoms with Crippen molar-refractivity contribution in [2.45, 2.75) is 50.8 Å². The Morgan fingerprint density at radius 1 is 1.35 bits per heavy atom. The van der Waals surface area contributed by atoms with Gasteiger partial charge in [-0.2, -0.15) is 0 Å². The minimum absolute atomic E-state index is 0.253. The second-order valence-electron chi connectivity index (χ2n) is 6.22. The van der Waals surface area contributed by atoms with Gasteiger partial charge >= 0.3 is 0 Å². The quantitative estimate of drug-likeness (QED) is 0.819. The topological polar surface area (TPSA) is 49.7 Å². The number of morpholine rings is 1. The lowest BCUT2D eigenvalue weighted by Gasteiger charge is -2.51. The van der Waals surface area contributed by atoms with E-state index in [0.717, 1.165) is 30.4 Å². The molecule has 20 heavy (non-hydrogen) atoms. The lowest BCUT2D eigenvalue weighted by molar-refractivity contribution is -0.991. The van der Waals surface area contributed by atoms with Gasteiger partial charge < -0.3 is 19.4 Å². The fourth-order valence-electron chi connectivity index (χ4n) is 4.15. The zero-order valence-corrected chi connectivity index (χ0v) is 12.0. The van der Waals surface area contributed by atoms with Crippen LogP contribution in [0, 0.1) is 0 Å². The number of benzene rings is 1. The molecule has 4 nitrogen and oxygen atoms in total. The van der Waals surface area contributed by atoms with Gasteiger partial charge in [-0.05, 0) is 6.92 Å². The van der Waals surface area contributed by atoms with Crippen LogP contribution in [-0.4, -0.2) is 52.3 Å². The average molecular weight is 278 g/mol. The van der Waals surface area contributed by atoms with Crippen molar-refractivity contribution in [3.63, 3.8) is 0 Å². The molecule has 2 saturated heterocycles. The first-order chi connectivity index (χ1) is 9.63. The minimum atomic E-state index is -0.868. The Morgan fingerprint density at radius 3 is 2.80 bits per heavy atom. The second kappa shape index (κ2) is 5.45. The Hall–Kier alpha value is -0.940. The standard InChI is InChI=1S/C16H24NO3/c1-12(18)15-16(19)20-11-14-8-5-9-17(14,15)10-13-6-3-2-4-7-13/h2-4,6-7,12,14-16,18-19H,5,8-11H2,1H3/q+1. The summed E-state index contributed by atoms with van der Waals surface area (Å²) in [7, 11) is 0. The van der Waals surface area contributed by atoms with E-state index in [9.17, 15) is 10.2 Å². The van der Waals surface area contributed by atoms with Crippen LogP contribution in [-0.2, 0) is 11.3 Å². The first-order valence-electron chi connectivity index (χ1n) is 7.51. The third-order valence-corrected chi connectivity index (χ3v) is 5.00. The van der Waals surface area contributed by atoms with Crippen LogP contribution in [0.15, 0.2) is 30.3 Å². The molecule has 1 aromatic carbocycles. The van der Waals surface area contributed by atoms with E-state index in [1.807, 2.05) is 18.2 Å². The van der Waals surface area contributed by atoms with Crippen molar-refractivity contribution in [1.29, 1.82) is 0 Å². The number of hydrogen-bond acceptors (Lipinski definition) is 3. The number of hydrogen-bond donors (Lipinski definition) is 2. The van der Waals surface area contributed by atoms with Gasteiger partial charge in [-0.3, -0.25) is 0 Å². The van der Waals surface area contributed by atoms with Gasteiger partial charge in [0.15, 0.2) is 6.04 Å². The van der Waals surface area contributed by atoms with Gasteiger partial charge in [0.1, 0.15) is 25.3 Å². The number of fused-ring (bicyclic) bond motifs is 1. The van der Waals surface area contributed by atoms with E-state index < -0.39 is 12.4 Å². The molecule has 0 saturated carbocycles. The molecule has 0 aromatic heterocycles. The fourth-order valence-corrected chi connectivity index (χ4v) is 4.15. The van der Waals surface area contributed by atoms with Gasteiger partial charge in [0.05, 0.1) is 6.54 Å². The van der Waals surface area contributed by atoms with Crippen molar-refractivity contribution < 1.29 is 19.4 Å². The number of nitrogens with zero attached hydrogens (tertiary/aromatic N) is 1. The highest BCUT2D eigenvalue weighted by atomic mass is 16.6. The van der Waals surface area contributed by atoms with E-state index in [1.165, 1.54) is 5.56 Å². The van der Waals surface area contributed by atoms with Crippen LogP contribution in [0.1, 0.15) is 25.3 Å². The van der Waals surface area contributed by atoms with Crippen molar-refractivity contribution in [3.05, 3.63) is 35.9 Å². The summed E-state index contributed by atoms with van der Waals surface area (Å²) >= 11 is 0. The van der Waals surface area contributed by atoms with E-state index in [-0.39, 0.29) is 6.04 Å². The average Bonchev–Trinajstić information content (AvgIpc) is 2.82. The molecular formula is C16H24NO3+. The minimum Gasteiger partial charge on any atom is -0.387 e. The zero-order chi connectivity index (χ0) is 14.2. The molecule has 5 unspecified atom stereocenters. The summed E-state index contributed by atoms with van der Waals surface area (Å²) in [5, 5.41) is 20.4. The van der Waals surface area contributed by atoms with Crippen molar-refractivity contribution >= 4 is 0 Å². The predicted molar refractivity (Wildman–Crippen MR) is 75.7 cm³/mol. The maximum absolute atomic E-state index is 10.2. The number of aliphatic hydroxyl groups is 2. The van der Waals surface area contributed by atoms with Gasteiger partial charge in [0.2, 0.25) is 6.29 Å². The van der Waals surface area contributed by atoms with Crippen LogP contribution in [0.25, 0.3) is 0 Å². The van der Waals surface area contributed by atoms with E-state index in [1.54, 1.807) is 6.92 Å². The normalized spacial score (nSPS) is 38.5. The lowest BCUT2D eigenvalue weighted by atomic mass is 9.99. The highest BCUT2D eigenvalue weighted by Gasteiger charge is 2.55. The maximum Gasteiger partial charge on any atom is 0.211 e. The molecule has 0 aliphatic carbocycles. The molecule has 2 N–H and O–H groups in total. The summed E-state index contributed by atoms with van der Waals surface area (Å²) in [6.45, 7) is 4.23. The predicted octanol–water partition coefficient (Wildman–Crippen LogP) is 1.26. The lowest BCUT2D eigenvalue weighted by Crippen LogP contribution is -2.70. The van der Waals surface area contributed by atoms with Gasteiger partial charge in [0, 0.05) is 18.4 Å². The third kappa shape index (κ3) is 2.27. The molecule has 2 aliphatic heterocycles. The van der Waals surface area contributed by atoms with Gasteiger partial charge in [0.25, 0.3) is 0 Å². The number of quaternary nitrogens is 1. The van der Waals surface area contributed by atoms with Gasteiger partial charge in [-0.25, -0.2) is 0 Å². The fraction of sp³-hybridized carbons (Fsp3) is 0.625. The summed E-state index contributed by atoms with van der Waals surface area (Å²) in [6, 6.07) is 10.5. The molecule has 2 heterocycles. The monoisotopic (exact) mass is 278 g/mol. The number of rotatable bonds is 3. The Bertz CT molecular complexity index is 450. The Labute approximate surface area is 120 Å². The van der Waals surface area contributed by atoms with E-state index in [2.05, 4.69) is 12.1 Å². The summed E-state index contributed by atoms with van der Waals surface area (Å²) in [5.41, 5.74) is 1.26. The molecule has 3 rings (SSSR count). The smallest absolute Gasteiger partial charge is 0.211 e. The van der Waals surface area contributed by atoms with Crippen LogP contribution >= 0.6 is 0 Å². The van der Waals surface area contributed by atoms with Crippen molar-refractivity contribution in [3.8, 4) is 0 Å². The Balaban J connectivity index is 1.95. The third-order valence-electron chi connectivity index (χ3n) is 5.00. The van der Waals surface area contributed by atoms with Gasteiger partial charge in [-0.1, -0.05) is 30.3 Å². The molecule has 0 spiro atoms. The number of ether oxygens (including phenoxy) is 1. The molecule has 2 fully saturated rings. The SMILES string of the molecule is CC(O)C1C(O)OCC2CCC[N+]21Cc1ccccc1. The molecule has 4 heteroatoms. The molecule has 0 radical (unpaired) electrons. The highest BCUT2D eigenvalue weighted by Crippen LogP contribution is 2.39. The molecule has 110 valence electrons. The zero-order valence-electron chi connectivity index (χ0n) is 12.0. The molecule has 2 aliphatic rings. The maximum atomic E-state index is 10.2. The van der Waals surface area contributed by atoms with E-state index >= 15 is 0 Å². The molecule has 1 aromatic rings. The van der Waals surface area contributed by atoms with Crippen LogP contribution in [0.5, 0.6) is 0 Å². The number of aliphatic hydroxyl groups excluding tert-OH is 2. The summed E-state index contributed by atoms with van der Waals surface area (Å²) in [5.74, 6) is 0. The van der Waals surface area contributed by atoms with Crippen LogP contribution in [0.2, 0.25) is 0 Å². The molecule has 0 bridgehead atoms. The summed E-state index contributed by atoms with van der Waals surface area (Å²) in [6.07, 6.45) is 0.808. The Kier molecular flexibility index (Phi) is 3.82. The Morgan fingerprint density at radius 2 is 2.10 bits per heavy atom. The summed E-state index contributed by atoms with van der Waals surface area (Å²) in [4.78, 5) is 0. The molecule has 0 amide bonds. The second-order valence-corrected chi connectivity index (χ2v) is 6.22. The van der Waals surface area contributed by atoms with Crippen LogP contribution < -0.4 is 0 Å². The summed E-state index contributed by atoms with van der Waals surface area (Å²) < 4.78 is 6.28. The van der Waals surface area contributed by atoms with E-state index in [0.29, 0.717) is 12.6 Å². The van der Waals surface area contributed by atoms with Crippen molar-refractivity contribution in [2.24, 2.45) is 0 Å². The van der Waals surface area contributed by atoms with Crippen molar-refractivity contribution in [1.82, 2.24) is 0 Å². The largest absolute Gasteiger partial charge is 0.387 e. The van der Waals surface area contributed by atoms with Crippen LogP contribution in [0.4, 0.5) is 0 Å². The van der Waals surface area contributed by atoms with E-state index in [4.69, 9.17) is 4.74 Å². The molecular weight excluding hydrogens is 254 g/mol. The highest BCUT2D eigenvalue weighted by molar-refractivity contribution is 5.14. The van der Waals surface area contributed by atoms with Crippen LogP contribution in [0.3, 0.4) is 0 Å². The first kappa shape index (κ1) is 14.0. The molecule has 5 atom stereocenters.